The fourth-order valence-electron chi connectivity index (χ4n) is 2.44. The summed E-state index contributed by atoms with van der Waals surface area (Å²) in [5, 5.41) is 9.04. The molecule has 6 nitrogen and oxygen atoms in total. The maximum absolute atomic E-state index is 12.8. The van der Waals surface area contributed by atoms with Crippen molar-refractivity contribution in [2.24, 2.45) is 0 Å². The van der Waals surface area contributed by atoms with Gasteiger partial charge in [-0.1, -0.05) is 0 Å². The summed E-state index contributed by atoms with van der Waals surface area (Å²) in [6, 6.07) is 9.86. The maximum Gasteiger partial charge on any atom is 0.267 e. The molecule has 0 radical (unpaired) electrons. The van der Waals surface area contributed by atoms with Gasteiger partial charge in [0.25, 0.3) is 10.0 Å². The Morgan fingerprint density at radius 3 is 2.90 bits per heavy atom. The van der Waals surface area contributed by atoms with Crippen LogP contribution in [0.5, 0.6) is 0 Å². The second-order valence-electron chi connectivity index (χ2n) is 4.68. The van der Waals surface area contributed by atoms with Gasteiger partial charge in [0.05, 0.1) is 5.69 Å². The molecule has 0 saturated heterocycles. The van der Waals surface area contributed by atoms with Crippen LogP contribution in [-0.2, 0) is 16.4 Å². The van der Waals surface area contributed by atoms with Crippen LogP contribution < -0.4 is 10.0 Å². The third kappa shape index (κ3) is 2.10. The Bertz CT molecular complexity index is 856. The van der Waals surface area contributed by atoms with Crippen LogP contribution in [0.4, 0.5) is 11.4 Å². The third-order valence-corrected chi connectivity index (χ3v) is 5.25. The average Bonchev–Trinajstić information content (AvgIpc) is 2.90. The van der Waals surface area contributed by atoms with Gasteiger partial charge in [-0.05, 0) is 42.3 Å². The van der Waals surface area contributed by atoms with Crippen LogP contribution in [0.1, 0.15) is 11.3 Å². The highest BCUT2D eigenvalue weighted by Crippen LogP contribution is 2.34. The van der Waals surface area contributed by atoms with Crippen LogP contribution in [0.2, 0.25) is 0 Å². The molecule has 2 heterocycles. The molecule has 21 heavy (non-hydrogen) atoms. The lowest BCUT2D eigenvalue weighted by Crippen LogP contribution is -2.29. The smallest absolute Gasteiger partial charge is 0.267 e. The molecule has 1 aliphatic rings. The molecule has 0 aliphatic carbocycles. The monoisotopic (exact) mass is 300 g/mol. The second kappa shape index (κ2) is 4.75. The fraction of sp³-hybridized carbons (Fsp3) is 0.143. The molecule has 0 atom stereocenters. The predicted octanol–water partition coefficient (Wildman–Crippen LogP) is 1.29. The number of fused-ring (bicyclic) bond motifs is 1. The van der Waals surface area contributed by atoms with E-state index in [0.29, 0.717) is 24.3 Å². The summed E-state index contributed by atoms with van der Waals surface area (Å²) in [6.07, 6.45) is 2.00. The van der Waals surface area contributed by atoms with E-state index >= 15 is 0 Å². The number of nitriles is 1. The number of nitrogen functional groups attached to an aromatic ring is 1. The van der Waals surface area contributed by atoms with Gasteiger partial charge >= 0.3 is 0 Å². The van der Waals surface area contributed by atoms with Gasteiger partial charge in [0.1, 0.15) is 11.0 Å². The molecule has 0 fully saturated rings. The number of aromatic nitrogens is 1. The van der Waals surface area contributed by atoms with Gasteiger partial charge in [0.15, 0.2) is 5.69 Å². The highest BCUT2D eigenvalue weighted by Gasteiger charge is 2.32. The van der Waals surface area contributed by atoms with Gasteiger partial charge in [-0.2, -0.15) is 5.26 Å². The first kappa shape index (κ1) is 13.4. The largest absolute Gasteiger partial charge is 0.399 e. The first-order valence-corrected chi connectivity index (χ1v) is 7.74. The van der Waals surface area contributed by atoms with Gasteiger partial charge in [-0.25, -0.2) is 13.4 Å². The highest BCUT2D eigenvalue weighted by molar-refractivity contribution is 7.93. The number of hydrogen-bond acceptors (Lipinski definition) is 5. The van der Waals surface area contributed by atoms with Gasteiger partial charge in [0, 0.05) is 18.4 Å². The van der Waals surface area contributed by atoms with Gasteiger partial charge in [-0.3, -0.25) is 4.31 Å². The van der Waals surface area contributed by atoms with Gasteiger partial charge in [0.2, 0.25) is 0 Å². The van der Waals surface area contributed by atoms with Crippen molar-refractivity contribution in [3.8, 4) is 6.07 Å². The molecule has 7 heteroatoms. The standard InChI is InChI=1S/C14H12N4O2S/c15-9-12-14(2-1-6-17-12)21(19,20)18-7-5-10-8-11(16)3-4-13(10)18/h1-4,6,8H,5,7,16H2. The molecule has 0 amide bonds. The lowest BCUT2D eigenvalue weighted by molar-refractivity contribution is 0.591. The van der Waals surface area contributed by atoms with Crippen LogP contribution in [-0.4, -0.2) is 19.9 Å². The van der Waals surface area contributed by atoms with Crippen molar-refractivity contribution in [1.29, 1.82) is 5.26 Å². The molecule has 3 rings (SSSR count). The van der Waals surface area contributed by atoms with E-state index in [-0.39, 0.29) is 10.6 Å². The van der Waals surface area contributed by atoms with Crippen molar-refractivity contribution in [2.45, 2.75) is 11.3 Å². The predicted molar refractivity (Wildman–Crippen MR) is 78.0 cm³/mol. The minimum Gasteiger partial charge on any atom is -0.399 e. The zero-order chi connectivity index (χ0) is 15.0. The van der Waals surface area contributed by atoms with Crippen molar-refractivity contribution in [1.82, 2.24) is 4.98 Å². The molecule has 2 aromatic rings. The summed E-state index contributed by atoms with van der Waals surface area (Å²) in [5.41, 5.74) is 7.73. The molecule has 0 unspecified atom stereocenters. The van der Waals surface area contributed by atoms with E-state index in [4.69, 9.17) is 11.0 Å². The Kier molecular flexibility index (Phi) is 3.03. The second-order valence-corrected chi connectivity index (χ2v) is 6.51. The number of sulfonamides is 1. The number of nitrogens with two attached hydrogens (primary N) is 1. The third-order valence-electron chi connectivity index (χ3n) is 3.40. The summed E-state index contributed by atoms with van der Waals surface area (Å²) in [6.45, 7) is 0.334. The molecule has 1 aliphatic heterocycles. The first-order valence-electron chi connectivity index (χ1n) is 6.30. The Hall–Kier alpha value is -2.59. The summed E-state index contributed by atoms with van der Waals surface area (Å²) < 4.78 is 26.8. The number of hydrogen-bond donors (Lipinski definition) is 1. The van der Waals surface area contributed by atoms with E-state index in [9.17, 15) is 8.42 Å². The summed E-state index contributed by atoms with van der Waals surface area (Å²) in [5.74, 6) is 0. The lowest BCUT2D eigenvalue weighted by Gasteiger charge is -2.19. The van der Waals surface area contributed by atoms with Crippen molar-refractivity contribution in [2.75, 3.05) is 16.6 Å². The van der Waals surface area contributed by atoms with Crippen molar-refractivity contribution in [3.63, 3.8) is 0 Å². The van der Waals surface area contributed by atoms with E-state index in [1.807, 2.05) is 6.07 Å². The fourth-order valence-corrected chi connectivity index (χ4v) is 4.04. The quantitative estimate of drug-likeness (QED) is 0.842. The van der Waals surface area contributed by atoms with Crippen LogP contribution in [0.25, 0.3) is 0 Å². The Morgan fingerprint density at radius 2 is 2.14 bits per heavy atom. The van der Waals surface area contributed by atoms with Gasteiger partial charge in [-0.15, -0.1) is 0 Å². The molecule has 0 saturated carbocycles. The summed E-state index contributed by atoms with van der Waals surface area (Å²) in [4.78, 5) is 3.75. The average molecular weight is 300 g/mol. The zero-order valence-electron chi connectivity index (χ0n) is 11.0. The topological polar surface area (TPSA) is 100 Å². The van der Waals surface area contributed by atoms with E-state index in [1.165, 1.54) is 22.6 Å². The molecular formula is C14H12N4O2S. The Morgan fingerprint density at radius 1 is 1.33 bits per heavy atom. The molecule has 0 spiro atoms. The SMILES string of the molecule is N#Cc1ncccc1S(=O)(=O)N1CCc2cc(N)ccc21. The number of anilines is 2. The van der Waals surface area contributed by atoms with E-state index in [0.717, 1.165) is 5.56 Å². The van der Waals surface area contributed by atoms with Crippen molar-refractivity contribution < 1.29 is 8.42 Å². The normalized spacial score (nSPS) is 13.8. The van der Waals surface area contributed by atoms with Crippen molar-refractivity contribution in [3.05, 3.63) is 47.8 Å². The zero-order valence-corrected chi connectivity index (χ0v) is 11.8. The summed E-state index contributed by atoms with van der Waals surface area (Å²) >= 11 is 0. The molecule has 106 valence electrons. The molecule has 1 aromatic heterocycles. The van der Waals surface area contributed by atoms with E-state index < -0.39 is 10.0 Å². The molecular weight excluding hydrogens is 288 g/mol. The number of benzene rings is 1. The van der Waals surface area contributed by atoms with Crippen LogP contribution in [0.3, 0.4) is 0 Å². The summed E-state index contributed by atoms with van der Waals surface area (Å²) in [7, 11) is -3.80. The van der Waals surface area contributed by atoms with Crippen LogP contribution in [0.15, 0.2) is 41.4 Å². The van der Waals surface area contributed by atoms with E-state index in [2.05, 4.69) is 4.98 Å². The van der Waals surface area contributed by atoms with Gasteiger partial charge < -0.3 is 5.73 Å². The number of rotatable bonds is 2. The Labute approximate surface area is 122 Å². The van der Waals surface area contributed by atoms with Crippen molar-refractivity contribution >= 4 is 21.4 Å². The highest BCUT2D eigenvalue weighted by atomic mass is 32.2. The first-order chi connectivity index (χ1) is 10.0. The van der Waals surface area contributed by atoms with E-state index in [1.54, 1.807) is 18.2 Å². The minimum atomic E-state index is -3.80. The van der Waals surface area contributed by atoms with Crippen LogP contribution >= 0.6 is 0 Å². The molecule has 2 N–H and O–H groups in total. The molecule has 0 bridgehead atoms. The van der Waals surface area contributed by atoms with Crippen LogP contribution in [0, 0.1) is 11.3 Å². The Balaban J connectivity index is 2.12. The number of pyridine rings is 1. The minimum absolute atomic E-state index is 0.0721. The lowest BCUT2D eigenvalue weighted by atomic mass is 10.1. The number of nitrogens with zero attached hydrogens (tertiary/aromatic N) is 3. The molecule has 1 aromatic carbocycles. The maximum atomic E-state index is 12.8.